The van der Waals surface area contributed by atoms with Gasteiger partial charge >= 0.3 is 5.97 Å². The molecular formula is C24H25NO5. The van der Waals surface area contributed by atoms with E-state index in [1.807, 2.05) is 51.1 Å². The molecular weight excluding hydrogens is 382 g/mol. The predicted molar refractivity (Wildman–Crippen MR) is 115 cm³/mol. The van der Waals surface area contributed by atoms with Crippen LogP contribution in [-0.4, -0.2) is 24.5 Å². The number of amides is 1. The summed E-state index contributed by atoms with van der Waals surface area (Å²) < 4.78 is 11.2. The molecule has 0 saturated heterocycles. The first-order valence-electron chi connectivity index (χ1n) is 9.88. The monoisotopic (exact) mass is 407 g/mol. The second kappa shape index (κ2) is 8.95. The van der Waals surface area contributed by atoms with Crippen LogP contribution in [0.2, 0.25) is 0 Å². The number of carbonyl (C=O) groups excluding carboxylic acids is 2. The van der Waals surface area contributed by atoms with Gasteiger partial charge in [-0.3, -0.25) is 9.59 Å². The summed E-state index contributed by atoms with van der Waals surface area (Å²) in [4.78, 5) is 37.6. The maximum atomic E-state index is 12.9. The van der Waals surface area contributed by atoms with Gasteiger partial charge in [-0.15, -0.1) is 0 Å². The third-order valence-corrected chi connectivity index (χ3v) is 5.12. The van der Waals surface area contributed by atoms with Crippen LogP contribution in [-0.2, 0) is 9.53 Å². The lowest BCUT2D eigenvalue weighted by molar-refractivity contribution is -0.125. The third kappa shape index (κ3) is 4.43. The van der Waals surface area contributed by atoms with E-state index in [4.69, 9.17) is 9.15 Å². The van der Waals surface area contributed by atoms with Crippen molar-refractivity contribution in [1.29, 1.82) is 0 Å². The molecule has 0 radical (unpaired) electrons. The van der Waals surface area contributed by atoms with Crippen LogP contribution in [0.25, 0.3) is 22.3 Å². The summed E-state index contributed by atoms with van der Waals surface area (Å²) in [5, 5.41) is 3.07. The topological polar surface area (TPSA) is 85.6 Å². The molecule has 0 fully saturated rings. The van der Waals surface area contributed by atoms with E-state index in [9.17, 15) is 14.4 Å². The van der Waals surface area contributed by atoms with Crippen molar-refractivity contribution < 1.29 is 18.7 Å². The summed E-state index contributed by atoms with van der Waals surface area (Å²) in [6.45, 7) is 7.15. The number of rotatable bonds is 6. The Bertz CT molecular complexity index is 1130. The smallest absolute Gasteiger partial charge is 0.342 e. The number of hydrogen-bond donors (Lipinski definition) is 1. The Morgan fingerprint density at radius 3 is 2.40 bits per heavy atom. The van der Waals surface area contributed by atoms with Gasteiger partial charge in [-0.05, 0) is 31.9 Å². The minimum atomic E-state index is -0.723. The molecule has 0 aliphatic rings. The van der Waals surface area contributed by atoms with Gasteiger partial charge in [-0.1, -0.05) is 50.2 Å². The van der Waals surface area contributed by atoms with E-state index in [2.05, 4.69) is 5.32 Å². The van der Waals surface area contributed by atoms with Gasteiger partial charge in [0, 0.05) is 17.2 Å². The van der Waals surface area contributed by atoms with Crippen molar-refractivity contribution in [3.8, 4) is 11.3 Å². The first-order chi connectivity index (χ1) is 14.3. The average Bonchev–Trinajstić information content (AvgIpc) is 2.74. The number of benzene rings is 2. The number of esters is 1. The molecule has 1 amide bonds. The predicted octanol–water partition coefficient (Wildman–Crippen LogP) is 4.09. The number of carbonyl (C=O) groups is 2. The van der Waals surface area contributed by atoms with E-state index in [1.165, 1.54) is 6.07 Å². The summed E-state index contributed by atoms with van der Waals surface area (Å²) in [6, 6.07) is 13.9. The van der Waals surface area contributed by atoms with E-state index in [1.54, 1.807) is 19.1 Å². The van der Waals surface area contributed by atoms with Gasteiger partial charge in [0.05, 0.1) is 5.39 Å². The molecule has 0 unspecified atom stereocenters. The Morgan fingerprint density at radius 1 is 1.03 bits per heavy atom. The second-order valence-electron chi connectivity index (χ2n) is 7.61. The number of para-hydroxylation sites is 1. The lowest BCUT2D eigenvalue weighted by Gasteiger charge is -2.17. The van der Waals surface area contributed by atoms with Crippen LogP contribution in [0.1, 0.15) is 36.7 Å². The molecule has 0 aliphatic carbocycles. The fourth-order valence-corrected chi connectivity index (χ4v) is 3.01. The largest absolute Gasteiger partial charge is 0.455 e. The van der Waals surface area contributed by atoms with Crippen molar-refractivity contribution in [2.45, 2.75) is 33.7 Å². The molecule has 0 aliphatic heterocycles. The van der Waals surface area contributed by atoms with E-state index in [-0.39, 0.29) is 34.4 Å². The molecule has 6 heteroatoms. The Morgan fingerprint density at radius 2 is 1.73 bits per heavy atom. The first-order valence-corrected chi connectivity index (χ1v) is 9.88. The van der Waals surface area contributed by atoms with E-state index < -0.39 is 12.6 Å². The van der Waals surface area contributed by atoms with Gasteiger partial charge in [-0.2, -0.15) is 0 Å². The zero-order valence-electron chi connectivity index (χ0n) is 17.5. The molecule has 0 bridgehead atoms. The summed E-state index contributed by atoms with van der Waals surface area (Å²) in [5.41, 5.74) is 1.23. The summed E-state index contributed by atoms with van der Waals surface area (Å²) in [5.74, 6) is -0.445. The fraction of sp³-hybridized carbons (Fsp3) is 0.292. The molecule has 30 heavy (non-hydrogen) atoms. The van der Waals surface area contributed by atoms with Gasteiger partial charge < -0.3 is 14.5 Å². The van der Waals surface area contributed by atoms with Crippen molar-refractivity contribution in [1.82, 2.24) is 5.32 Å². The van der Waals surface area contributed by atoms with Crippen molar-refractivity contribution in [2.75, 3.05) is 6.61 Å². The van der Waals surface area contributed by atoms with Gasteiger partial charge in [0.25, 0.3) is 5.91 Å². The molecule has 1 heterocycles. The minimum Gasteiger partial charge on any atom is -0.455 e. The quantitative estimate of drug-likeness (QED) is 0.622. The van der Waals surface area contributed by atoms with E-state index in [0.29, 0.717) is 16.7 Å². The molecule has 0 saturated carbocycles. The second-order valence-corrected chi connectivity index (χ2v) is 7.61. The molecule has 1 aromatic heterocycles. The minimum absolute atomic E-state index is 0.0387. The summed E-state index contributed by atoms with van der Waals surface area (Å²) in [7, 11) is 0. The third-order valence-electron chi connectivity index (χ3n) is 5.12. The highest BCUT2D eigenvalue weighted by molar-refractivity contribution is 6.02. The van der Waals surface area contributed by atoms with Crippen LogP contribution in [0.4, 0.5) is 0 Å². The zero-order valence-corrected chi connectivity index (χ0v) is 17.5. The standard InChI is InChI=1S/C24H25NO5/c1-14(2)16(4)25-20(26)13-29-24(28)19-12-8-11-18-21(27)15(3)22(30-23(18)19)17-9-6-5-7-10-17/h5-12,14,16H,13H2,1-4H3,(H,25,26)/t16-/m1/s1. The maximum absolute atomic E-state index is 12.9. The number of nitrogens with one attached hydrogen (secondary N) is 1. The lowest BCUT2D eigenvalue weighted by atomic mass is 10.0. The molecule has 6 nitrogen and oxygen atoms in total. The van der Waals surface area contributed by atoms with Gasteiger partial charge in [-0.25, -0.2) is 4.79 Å². The molecule has 2 aromatic carbocycles. The van der Waals surface area contributed by atoms with Gasteiger partial charge in [0.1, 0.15) is 11.3 Å². The van der Waals surface area contributed by atoms with Gasteiger partial charge in [0.15, 0.2) is 17.6 Å². The number of ether oxygens (including phenoxy) is 1. The lowest BCUT2D eigenvalue weighted by Crippen LogP contribution is -2.38. The Balaban J connectivity index is 1.93. The van der Waals surface area contributed by atoms with Crippen molar-refractivity contribution >= 4 is 22.8 Å². The maximum Gasteiger partial charge on any atom is 0.342 e. The molecule has 1 N–H and O–H groups in total. The summed E-state index contributed by atoms with van der Waals surface area (Å²) >= 11 is 0. The zero-order chi connectivity index (χ0) is 21.8. The highest BCUT2D eigenvalue weighted by Crippen LogP contribution is 2.27. The fourth-order valence-electron chi connectivity index (χ4n) is 3.01. The summed E-state index contributed by atoms with van der Waals surface area (Å²) in [6.07, 6.45) is 0. The Kier molecular flexibility index (Phi) is 6.35. The SMILES string of the molecule is Cc1c(-c2ccccc2)oc2c(C(=O)OCC(=O)N[C@H](C)C(C)C)cccc2c1=O. The van der Waals surface area contributed by atoms with Crippen molar-refractivity contribution in [3.63, 3.8) is 0 Å². The van der Waals surface area contributed by atoms with Crippen LogP contribution in [0.5, 0.6) is 0 Å². The molecule has 3 aromatic rings. The normalized spacial score (nSPS) is 12.0. The van der Waals surface area contributed by atoms with Crippen molar-refractivity contribution in [3.05, 3.63) is 69.9 Å². The van der Waals surface area contributed by atoms with Crippen LogP contribution >= 0.6 is 0 Å². The Labute approximate surface area is 174 Å². The first kappa shape index (κ1) is 21.3. The Hall–Kier alpha value is -3.41. The van der Waals surface area contributed by atoms with Crippen LogP contribution in [0.15, 0.2) is 57.7 Å². The number of fused-ring (bicyclic) bond motifs is 1. The van der Waals surface area contributed by atoms with Crippen LogP contribution < -0.4 is 10.7 Å². The van der Waals surface area contributed by atoms with Gasteiger partial charge in [0.2, 0.25) is 0 Å². The van der Waals surface area contributed by atoms with E-state index >= 15 is 0 Å². The van der Waals surface area contributed by atoms with E-state index in [0.717, 1.165) is 5.56 Å². The molecule has 0 spiro atoms. The van der Waals surface area contributed by atoms with Crippen LogP contribution in [0.3, 0.4) is 0 Å². The number of hydrogen-bond acceptors (Lipinski definition) is 5. The average molecular weight is 407 g/mol. The van der Waals surface area contributed by atoms with Crippen molar-refractivity contribution in [2.24, 2.45) is 5.92 Å². The highest BCUT2D eigenvalue weighted by atomic mass is 16.5. The molecule has 1 atom stereocenters. The highest BCUT2D eigenvalue weighted by Gasteiger charge is 2.20. The molecule has 3 rings (SSSR count). The molecule has 156 valence electrons. The van der Waals surface area contributed by atoms with Crippen LogP contribution in [0, 0.1) is 12.8 Å².